The Morgan fingerprint density at radius 3 is 2.71 bits per heavy atom. The fourth-order valence-corrected chi connectivity index (χ4v) is 1.91. The first-order chi connectivity index (χ1) is 8.34. The van der Waals surface area contributed by atoms with Crippen LogP contribution in [0, 0.1) is 0 Å². The van der Waals surface area contributed by atoms with Gasteiger partial charge in [-0.2, -0.15) is 0 Å². The number of benzene rings is 1. The van der Waals surface area contributed by atoms with Crippen LogP contribution < -0.4 is 4.74 Å². The van der Waals surface area contributed by atoms with Crippen LogP contribution in [0.15, 0.2) is 54.9 Å². The molecular weight excluding hydrogens is 212 g/mol. The number of hydrogen-bond acceptors (Lipinski definition) is 2. The monoisotopic (exact) mass is 224 g/mol. The molecule has 3 aromatic rings. The molecule has 0 N–H and O–H groups in total. The summed E-state index contributed by atoms with van der Waals surface area (Å²) in [4.78, 5) is 4.16. The van der Waals surface area contributed by atoms with Crippen LogP contribution in [-0.4, -0.2) is 9.55 Å². The molecule has 1 aromatic carbocycles. The summed E-state index contributed by atoms with van der Waals surface area (Å²) in [7, 11) is 2.01. The molecule has 2 aromatic heterocycles. The Morgan fingerprint density at radius 1 is 1.06 bits per heavy atom. The van der Waals surface area contributed by atoms with Crippen molar-refractivity contribution >= 4 is 10.9 Å². The standard InChI is InChI=1S/C14H12N2O/c1-16-10-13(11-6-2-3-7-12(11)16)17-14-8-4-5-9-15-14/h2-10H,1H3. The van der Waals surface area contributed by atoms with Gasteiger partial charge < -0.3 is 9.30 Å². The topological polar surface area (TPSA) is 27.1 Å². The molecule has 3 rings (SSSR count). The zero-order chi connectivity index (χ0) is 11.7. The smallest absolute Gasteiger partial charge is 0.219 e. The second kappa shape index (κ2) is 3.94. The largest absolute Gasteiger partial charge is 0.437 e. The van der Waals surface area contributed by atoms with E-state index in [1.165, 1.54) is 0 Å². The molecule has 0 saturated heterocycles. The summed E-state index contributed by atoms with van der Waals surface area (Å²) in [6, 6.07) is 13.8. The molecule has 0 radical (unpaired) electrons. The summed E-state index contributed by atoms with van der Waals surface area (Å²) < 4.78 is 7.83. The quantitative estimate of drug-likeness (QED) is 0.667. The minimum absolute atomic E-state index is 0.615. The molecule has 0 spiro atoms. The number of nitrogens with zero attached hydrogens (tertiary/aromatic N) is 2. The highest BCUT2D eigenvalue weighted by atomic mass is 16.5. The van der Waals surface area contributed by atoms with Crippen molar-refractivity contribution in [3.8, 4) is 11.6 Å². The van der Waals surface area contributed by atoms with Crippen LogP contribution >= 0.6 is 0 Å². The van der Waals surface area contributed by atoms with Crippen LogP contribution in [0.1, 0.15) is 0 Å². The first-order valence-electron chi connectivity index (χ1n) is 5.47. The fraction of sp³-hybridized carbons (Fsp3) is 0.0714. The Labute approximate surface area is 99.3 Å². The van der Waals surface area contributed by atoms with Crippen molar-refractivity contribution in [3.63, 3.8) is 0 Å². The van der Waals surface area contributed by atoms with E-state index in [0.717, 1.165) is 16.7 Å². The molecular formula is C14H12N2O. The molecule has 0 amide bonds. The Morgan fingerprint density at radius 2 is 1.88 bits per heavy atom. The zero-order valence-corrected chi connectivity index (χ0v) is 9.50. The maximum absolute atomic E-state index is 5.78. The van der Waals surface area contributed by atoms with Gasteiger partial charge in [-0.25, -0.2) is 4.98 Å². The number of hydrogen-bond donors (Lipinski definition) is 0. The Kier molecular flexibility index (Phi) is 2.29. The molecule has 0 aliphatic carbocycles. The SMILES string of the molecule is Cn1cc(Oc2ccccn2)c2ccccc21. The van der Waals surface area contributed by atoms with Crippen molar-refractivity contribution in [1.29, 1.82) is 0 Å². The third kappa shape index (κ3) is 1.76. The molecule has 3 heteroatoms. The first-order valence-corrected chi connectivity index (χ1v) is 5.47. The van der Waals surface area contributed by atoms with Gasteiger partial charge in [0, 0.05) is 30.9 Å². The molecule has 0 aliphatic rings. The van der Waals surface area contributed by atoms with Gasteiger partial charge in [0.25, 0.3) is 0 Å². The number of ether oxygens (including phenoxy) is 1. The molecule has 0 bridgehead atoms. The maximum atomic E-state index is 5.78. The van der Waals surface area contributed by atoms with Crippen molar-refractivity contribution in [2.24, 2.45) is 7.05 Å². The Bertz CT molecular complexity index is 644. The van der Waals surface area contributed by atoms with E-state index in [0.29, 0.717) is 5.88 Å². The lowest BCUT2D eigenvalue weighted by Crippen LogP contribution is -1.85. The van der Waals surface area contributed by atoms with Gasteiger partial charge >= 0.3 is 0 Å². The second-order valence-corrected chi connectivity index (χ2v) is 3.89. The third-order valence-electron chi connectivity index (χ3n) is 2.71. The van der Waals surface area contributed by atoms with Crippen LogP contribution in [0.5, 0.6) is 11.6 Å². The minimum atomic E-state index is 0.615. The van der Waals surface area contributed by atoms with Crippen molar-refractivity contribution in [2.45, 2.75) is 0 Å². The molecule has 0 aliphatic heterocycles. The van der Waals surface area contributed by atoms with Gasteiger partial charge in [-0.1, -0.05) is 18.2 Å². The number of pyridine rings is 1. The van der Waals surface area contributed by atoms with Crippen LogP contribution in [-0.2, 0) is 7.05 Å². The Hall–Kier alpha value is -2.29. The minimum Gasteiger partial charge on any atom is -0.437 e. The summed E-state index contributed by atoms with van der Waals surface area (Å²) in [6.45, 7) is 0. The summed E-state index contributed by atoms with van der Waals surface area (Å²) in [5.41, 5.74) is 1.15. The number of fused-ring (bicyclic) bond motifs is 1. The van der Waals surface area contributed by atoms with Gasteiger partial charge in [-0.15, -0.1) is 0 Å². The molecule has 0 fully saturated rings. The molecule has 0 unspecified atom stereocenters. The van der Waals surface area contributed by atoms with E-state index >= 15 is 0 Å². The van der Waals surface area contributed by atoms with Crippen molar-refractivity contribution in [1.82, 2.24) is 9.55 Å². The zero-order valence-electron chi connectivity index (χ0n) is 9.50. The van der Waals surface area contributed by atoms with Crippen LogP contribution in [0.4, 0.5) is 0 Å². The number of aromatic nitrogens is 2. The lowest BCUT2D eigenvalue weighted by Gasteiger charge is -2.01. The van der Waals surface area contributed by atoms with Crippen LogP contribution in [0.3, 0.4) is 0 Å². The van der Waals surface area contributed by atoms with Gasteiger partial charge in [0.05, 0.1) is 5.52 Å². The number of rotatable bonds is 2. The van der Waals surface area contributed by atoms with Crippen LogP contribution in [0.25, 0.3) is 10.9 Å². The molecule has 2 heterocycles. The van der Waals surface area contributed by atoms with E-state index in [1.54, 1.807) is 6.20 Å². The summed E-state index contributed by atoms with van der Waals surface area (Å²) in [5, 5.41) is 1.10. The van der Waals surface area contributed by atoms with Gasteiger partial charge in [-0.05, 0) is 18.2 Å². The number of aryl methyl sites for hydroxylation is 1. The maximum Gasteiger partial charge on any atom is 0.219 e. The predicted octanol–water partition coefficient (Wildman–Crippen LogP) is 3.37. The van der Waals surface area contributed by atoms with E-state index in [1.807, 2.05) is 54.2 Å². The average molecular weight is 224 g/mol. The fourth-order valence-electron chi connectivity index (χ4n) is 1.91. The second-order valence-electron chi connectivity index (χ2n) is 3.89. The summed E-state index contributed by atoms with van der Waals surface area (Å²) in [5.74, 6) is 1.45. The molecule has 84 valence electrons. The van der Waals surface area contributed by atoms with Crippen molar-refractivity contribution < 1.29 is 4.74 Å². The lowest BCUT2D eigenvalue weighted by atomic mass is 10.2. The van der Waals surface area contributed by atoms with Gasteiger partial charge in [-0.3, -0.25) is 0 Å². The molecule has 3 nitrogen and oxygen atoms in total. The van der Waals surface area contributed by atoms with Crippen molar-refractivity contribution in [2.75, 3.05) is 0 Å². The van der Waals surface area contributed by atoms with Gasteiger partial charge in [0.2, 0.25) is 5.88 Å². The normalized spacial score (nSPS) is 10.6. The van der Waals surface area contributed by atoms with Gasteiger partial charge in [0.1, 0.15) is 0 Å². The van der Waals surface area contributed by atoms with E-state index in [9.17, 15) is 0 Å². The van der Waals surface area contributed by atoms with E-state index < -0.39 is 0 Å². The van der Waals surface area contributed by atoms with Crippen molar-refractivity contribution in [3.05, 3.63) is 54.9 Å². The average Bonchev–Trinajstić information content (AvgIpc) is 2.69. The lowest BCUT2D eigenvalue weighted by molar-refractivity contribution is 0.466. The highest BCUT2D eigenvalue weighted by Crippen LogP contribution is 2.30. The summed E-state index contributed by atoms with van der Waals surface area (Å²) >= 11 is 0. The number of para-hydroxylation sites is 1. The van der Waals surface area contributed by atoms with E-state index in [-0.39, 0.29) is 0 Å². The molecule has 0 saturated carbocycles. The Balaban J connectivity index is 2.07. The third-order valence-corrected chi connectivity index (χ3v) is 2.71. The predicted molar refractivity (Wildman–Crippen MR) is 67.2 cm³/mol. The summed E-state index contributed by atoms with van der Waals surface area (Å²) in [6.07, 6.45) is 3.69. The molecule has 0 atom stereocenters. The molecule has 17 heavy (non-hydrogen) atoms. The van der Waals surface area contributed by atoms with Crippen LogP contribution in [0.2, 0.25) is 0 Å². The highest BCUT2D eigenvalue weighted by Gasteiger charge is 2.07. The highest BCUT2D eigenvalue weighted by molar-refractivity contribution is 5.86. The first kappa shape index (κ1) is 9.90. The van der Waals surface area contributed by atoms with E-state index in [4.69, 9.17) is 4.74 Å². The van der Waals surface area contributed by atoms with Gasteiger partial charge in [0.15, 0.2) is 5.75 Å². The van der Waals surface area contributed by atoms with E-state index in [2.05, 4.69) is 11.1 Å².